The molecule has 0 bridgehead atoms. The van der Waals surface area contributed by atoms with E-state index in [4.69, 9.17) is 11.7 Å². The van der Waals surface area contributed by atoms with Gasteiger partial charge in [0.25, 0.3) is 5.69 Å². The van der Waals surface area contributed by atoms with Gasteiger partial charge >= 0.3 is 0 Å². The molecule has 0 saturated heterocycles. The first-order valence-electron chi connectivity index (χ1n) is 10.6. The predicted molar refractivity (Wildman–Crippen MR) is 121 cm³/mol. The van der Waals surface area contributed by atoms with Crippen molar-refractivity contribution >= 4 is 17.2 Å². The summed E-state index contributed by atoms with van der Waals surface area (Å²) in [4.78, 5) is 13.9. The normalized spacial score (nSPS) is 13.0. The van der Waals surface area contributed by atoms with E-state index in [1.165, 1.54) is 0 Å². The van der Waals surface area contributed by atoms with Crippen LogP contribution in [0.2, 0.25) is 0 Å². The van der Waals surface area contributed by atoms with Gasteiger partial charge in [-0.2, -0.15) is 5.10 Å². The molecule has 1 aromatic carbocycles. The highest BCUT2D eigenvalue weighted by Gasteiger charge is 2.27. The van der Waals surface area contributed by atoms with Gasteiger partial charge in [0.1, 0.15) is 11.5 Å². The molecule has 0 aliphatic carbocycles. The highest BCUT2D eigenvalue weighted by atomic mass is 16.6. The number of hydrogen-bond acceptors (Lipinski definition) is 6. The Labute approximate surface area is 174 Å². The quantitative estimate of drug-likeness (QED) is 0.157. The topological polar surface area (TPSA) is 123 Å². The maximum Gasteiger partial charge on any atom is 0.292 e. The highest BCUT2D eigenvalue weighted by Crippen LogP contribution is 2.35. The SMILES string of the molecule is CCCC(CCC)N(CC(C)C)c1ccc(C(C)C/C(=N/N)NN)cc1[N+](=O)[O-]. The smallest absolute Gasteiger partial charge is 0.292 e. The van der Waals surface area contributed by atoms with Crippen molar-refractivity contribution in [1.82, 2.24) is 5.43 Å². The van der Waals surface area contributed by atoms with Crippen molar-refractivity contribution in [2.45, 2.75) is 78.7 Å². The Morgan fingerprint density at radius 2 is 1.86 bits per heavy atom. The number of nitro benzene ring substituents is 1. The molecule has 5 N–H and O–H groups in total. The van der Waals surface area contributed by atoms with E-state index in [0.29, 0.717) is 29.9 Å². The van der Waals surface area contributed by atoms with E-state index >= 15 is 0 Å². The lowest BCUT2D eigenvalue weighted by Gasteiger charge is -2.35. The number of nitro groups is 1. The van der Waals surface area contributed by atoms with Gasteiger partial charge in [-0.25, -0.2) is 5.84 Å². The first-order chi connectivity index (χ1) is 13.8. The second-order valence-electron chi connectivity index (χ2n) is 8.11. The number of nitrogens with two attached hydrogens (primary N) is 2. The molecule has 1 atom stereocenters. The number of hydrazine groups is 1. The Morgan fingerprint density at radius 1 is 1.24 bits per heavy atom. The summed E-state index contributed by atoms with van der Waals surface area (Å²) >= 11 is 0. The van der Waals surface area contributed by atoms with Gasteiger partial charge in [-0.05, 0) is 36.3 Å². The Hall–Kier alpha value is -2.35. The van der Waals surface area contributed by atoms with Gasteiger partial charge in [0, 0.05) is 25.1 Å². The van der Waals surface area contributed by atoms with Crippen molar-refractivity contribution < 1.29 is 4.92 Å². The lowest BCUT2D eigenvalue weighted by molar-refractivity contribution is -0.384. The maximum atomic E-state index is 12.0. The van der Waals surface area contributed by atoms with E-state index in [0.717, 1.165) is 37.8 Å². The Morgan fingerprint density at radius 3 is 2.31 bits per heavy atom. The molecule has 0 spiro atoms. The highest BCUT2D eigenvalue weighted by molar-refractivity contribution is 5.82. The molecule has 1 rings (SSSR count). The van der Waals surface area contributed by atoms with Crippen LogP contribution in [0.15, 0.2) is 23.3 Å². The molecule has 1 unspecified atom stereocenters. The van der Waals surface area contributed by atoms with E-state index in [9.17, 15) is 10.1 Å². The van der Waals surface area contributed by atoms with Crippen molar-refractivity contribution in [2.75, 3.05) is 11.4 Å². The number of nitrogens with zero attached hydrogens (tertiary/aromatic N) is 3. The Balaban J connectivity index is 3.36. The van der Waals surface area contributed by atoms with Gasteiger partial charge in [-0.15, -0.1) is 0 Å². The molecule has 8 nitrogen and oxygen atoms in total. The molecule has 164 valence electrons. The molecule has 0 aromatic heterocycles. The van der Waals surface area contributed by atoms with Crippen LogP contribution in [-0.4, -0.2) is 23.3 Å². The minimum atomic E-state index is -0.271. The van der Waals surface area contributed by atoms with Crippen molar-refractivity contribution in [3.05, 3.63) is 33.9 Å². The molecular weight excluding hydrogens is 368 g/mol. The molecule has 0 saturated carbocycles. The third kappa shape index (κ3) is 7.20. The van der Waals surface area contributed by atoms with Gasteiger partial charge in [0.15, 0.2) is 0 Å². The van der Waals surface area contributed by atoms with E-state index in [1.54, 1.807) is 6.07 Å². The van der Waals surface area contributed by atoms with E-state index in [-0.39, 0.29) is 16.5 Å². The van der Waals surface area contributed by atoms with E-state index in [1.807, 2.05) is 19.1 Å². The molecule has 8 heteroatoms. The number of nitrogens with one attached hydrogen (secondary N) is 1. The zero-order chi connectivity index (χ0) is 22.0. The number of benzene rings is 1. The fraction of sp³-hybridized carbons (Fsp3) is 0.667. The molecule has 0 radical (unpaired) electrons. The standard InChI is InChI=1S/C21H38N6O2/c1-6-8-18(9-7-2)26(14-15(3)4)19-11-10-17(13-20(19)27(28)29)16(5)12-21(24-22)25-23/h10-11,13,15-16,18H,6-9,12,14,22-23H2,1-5H3,(H,24,25). The summed E-state index contributed by atoms with van der Waals surface area (Å²) in [6.07, 6.45) is 4.63. The van der Waals surface area contributed by atoms with E-state index < -0.39 is 0 Å². The van der Waals surface area contributed by atoms with Gasteiger partial charge in [0.05, 0.1) is 4.92 Å². The Kier molecular flexibility index (Phi) is 10.4. The monoisotopic (exact) mass is 406 g/mol. The summed E-state index contributed by atoms with van der Waals surface area (Å²) in [5.41, 5.74) is 4.19. The molecular formula is C21H38N6O2. The lowest BCUT2D eigenvalue weighted by atomic mass is 9.95. The van der Waals surface area contributed by atoms with Crippen molar-refractivity contribution in [3.8, 4) is 0 Å². The fourth-order valence-corrected chi connectivity index (χ4v) is 3.75. The number of anilines is 1. The largest absolute Gasteiger partial charge is 0.363 e. The zero-order valence-corrected chi connectivity index (χ0v) is 18.5. The summed E-state index contributed by atoms with van der Waals surface area (Å²) in [6, 6.07) is 5.86. The third-order valence-electron chi connectivity index (χ3n) is 5.14. The van der Waals surface area contributed by atoms with Crippen LogP contribution in [0.1, 0.15) is 78.2 Å². The third-order valence-corrected chi connectivity index (χ3v) is 5.14. The van der Waals surface area contributed by atoms with Crippen molar-refractivity contribution in [2.24, 2.45) is 22.7 Å². The van der Waals surface area contributed by atoms with Crippen LogP contribution < -0.4 is 22.0 Å². The summed E-state index contributed by atoms with van der Waals surface area (Å²) in [5, 5.41) is 15.6. The van der Waals surface area contributed by atoms with Crippen LogP contribution in [0.25, 0.3) is 0 Å². The number of rotatable bonds is 12. The summed E-state index contributed by atoms with van der Waals surface area (Å²) < 4.78 is 0. The average Bonchev–Trinajstić information content (AvgIpc) is 2.69. The van der Waals surface area contributed by atoms with Gasteiger partial charge < -0.3 is 16.2 Å². The van der Waals surface area contributed by atoms with E-state index in [2.05, 4.69) is 43.1 Å². The zero-order valence-electron chi connectivity index (χ0n) is 18.5. The molecule has 0 aliphatic rings. The summed E-state index contributed by atoms with van der Waals surface area (Å²) in [5.74, 6) is 11.6. The minimum absolute atomic E-state index is 0.0123. The first kappa shape index (κ1) is 24.7. The van der Waals surface area contributed by atoms with Crippen LogP contribution in [0.3, 0.4) is 0 Å². The molecule has 29 heavy (non-hydrogen) atoms. The lowest BCUT2D eigenvalue weighted by Crippen LogP contribution is -2.38. The number of amidine groups is 1. The molecule has 0 heterocycles. The number of hydrazone groups is 1. The Bertz CT molecular complexity index is 671. The number of hydrogen-bond donors (Lipinski definition) is 3. The average molecular weight is 407 g/mol. The van der Waals surface area contributed by atoms with Crippen LogP contribution in [0.5, 0.6) is 0 Å². The first-order valence-corrected chi connectivity index (χ1v) is 10.6. The molecule has 1 aromatic rings. The van der Waals surface area contributed by atoms with Crippen molar-refractivity contribution in [3.63, 3.8) is 0 Å². The molecule has 0 aliphatic heterocycles. The van der Waals surface area contributed by atoms with Gasteiger partial charge in [-0.1, -0.05) is 53.5 Å². The fourth-order valence-electron chi connectivity index (χ4n) is 3.75. The van der Waals surface area contributed by atoms with Crippen LogP contribution >= 0.6 is 0 Å². The summed E-state index contributed by atoms with van der Waals surface area (Å²) in [7, 11) is 0. The van der Waals surface area contributed by atoms with Gasteiger partial charge in [0.2, 0.25) is 0 Å². The minimum Gasteiger partial charge on any atom is -0.363 e. The van der Waals surface area contributed by atoms with Gasteiger partial charge in [-0.3, -0.25) is 10.1 Å². The molecule has 0 fully saturated rings. The summed E-state index contributed by atoms with van der Waals surface area (Å²) in [6.45, 7) is 11.4. The van der Waals surface area contributed by atoms with Crippen LogP contribution in [-0.2, 0) is 0 Å². The van der Waals surface area contributed by atoms with Crippen molar-refractivity contribution in [1.29, 1.82) is 0 Å². The maximum absolute atomic E-state index is 12.0. The van der Waals surface area contributed by atoms with Crippen LogP contribution in [0.4, 0.5) is 11.4 Å². The van der Waals surface area contributed by atoms with Crippen LogP contribution in [0, 0.1) is 16.0 Å². The molecule has 0 amide bonds. The predicted octanol–water partition coefficient (Wildman–Crippen LogP) is 4.26. The second-order valence-corrected chi connectivity index (χ2v) is 8.11. The second kappa shape index (κ2) is 12.3.